The van der Waals surface area contributed by atoms with E-state index in [1.807, 2.05) is 37.3 Å². The summed E-state index contributed by atoms with van der Waals surface area (Å²) in [4.78, 5) is 25.0. The zero-order valence-corrected chi connectivity index (χ0v) is 15.2. The molecule has 0 radical (unpaired) electrons. The number of rotatable bonds is 5. The van der Waals surface area contributed by atoms with Crippen LogP contribution in [0.2, 0.25) is 0 Å². The molecule has 0 spiro atoms. The highest BCUT2D eigenvalue weighted by Crippen LogP contribution is 2.21. The summed E-state index contributed by atoms with van der Waals surface area (Å²) in [6, 6.07) is 16.5. The number of hydrogen-bond acceptors (Lipinski definition) is 4. The van der Waals surface area contributed by atoms with Crippen molar-refractivity contribution in [1.29, 1.82) is 0 Å². The molecule has 1 heterocycles. The van der Waals surface area contributed by atoms with Gasteiger partial charge in [0.15, 0.2) is 5.76 Å². The lowest BCUT2D eigenvalue weighted by Crippen LogP contribution is -2.28. The lowest BCUT2D eigenvalue weighted by molar-refractivity contribution is -0.116. The fourth-order valence-corrected chi connectivity index (χ4v) is 3.18. The average Bonchev–Trinajstić information content (AvgIpc) is 2.69. The Hall–Kier alpha value is -2.73. The van der Waals surface area contributed by atoms with Crippen molar-refractivity contribution in [3.8, 4) is 0 Å². The molecule has 2 N–H and O–H groups in total. The van der Waals surface area contributed by atoms with Crippen molar-refractivity contribution in [3.63, 3.8) is 0 Å². The number of anilines is 1. The van der Waals surface area contributed by atoms with Crippen LogP contribution in [0.15, 0.2) is 65.8 Å². The van der Waals surface area contributed by atoms with E-state index in [0.29, 0.717) is 17.9 Å². The lowest BCUT2D eigenvalue weighted by Gasteiger charge is -2.17. The van der Waals surface area contributed by atoms with E-state index < -0.39 is 0 Å². The predicted octanol–water partition coefficient (Wildman–Crippen LogP) is 3.72. The van der Waals surface area contributed by atoms with Gasteiger partial charge in [-0.25, -0.2) is 0 Å². The Morgan fingerprint density at radius 3 is 2.50 bits per heavy atom. The summed E-state index contributed by atoms with van der Waals surface area (Å²) in [5, 5.41) is 7.43. The van der Waals surface area contributed by atoms with E-state index in [0.717, 1.165) is 11.3 Å². The first-order chi connectivity index (χ1) is 12.6. The Labute approximate surface area is 156 Å². The van der Waals surface area contributed by atoms with Crippen LogP contribution in [0.3, 0.4) is 0 Å². The highest BCUT2D eigenvalue weighted by molar-refractivity contribution is 8.02. The number of thioether (sulfide) groups is 1. The molecule has 1 aliphatic rings. The van der Waals surface area contributed by atoms with E-state index in [-0.39, 0.29) is 23.6 Å². The van der Waals surface area contributed by atoms with Crippen LogP contribution in [0.4, 0.5) is 5.69 Å². The summed E-state index contributed by atoms with van der Waals surface area (Å²) < 4.78 is 5.36. The molecule has 1 aliphatic heterocycles. The Kier molecular flexibility index (Phi) is 5.96. The van der Waals surface area contributed by atoms with Crippen molar-refractivity contribution < 1.29 is 14.3 Å². The third-order valence-electron chi connectivity index (χ3n) is 3.94. The highest BCUT2D eigenvalue weighted by atomic mass is 32.2. The SMILES string of the molecule is C[C@@H](NC(=O)c1ccccc1NC(=O)C1=CSCCO1)c1ccccc1. The third kappa shape index (κ3) is 4.46. The predicted molar refractivity (Wildman–Crippen MR) is 104 cm³/mol. The number of amides is 2. The number of para-hydroxylation sites is 1. The second-order valence-electron chi connectivity index (χ2n) is 5.81. The zero-order valence-electron chi connectivity index (χ0n) is 14.4. The molecule has 0 unspecified atom stereocenters. The Morgan fingerprint density at radius 1 is 1.04 bits per heavy atom. The summed E-state index contributed by atoms with van der Waals surface area (Å²) in [6.07, 6.45) is 0. The fraction of sp³-hybridized carbons (Fsp3) is 0.200. The molecule has 6 heteroatoms. The van der Waals surface area contributed by atoms with Crippen LogP contribution < -0.4 is 10.6 Å². The van der Waals surface area contributed by atoms with Crippen LogP contribution in [-0.4, -0.2) is 24.2 Å². The fourth-order valence-electron chi connectivity index (χ4n) is 2.56. The Bertz CT molecular complexity index is 821. The molecule has 0 saturated heterocycles. The molecule has 26 heavy (non-hydrogen) atoms. The van der Waals surface area contributed by atoms with Crippen molar-refractivity contribution in [2.45, 2.75) is 13.0 Å². The van der Waals surface area contributed by atoms with Crippen molar-refractivity contribution in [2.24, 2.45) is 0 Å². The van der Waals surface area contributed by atoms with Gasteiger partial charge in [-0.1, -0.05) is 42.5 Å². The maximum atomic E-state index is 12.7. The van der Waals surface area contributed by atoms with Gasteiger partial charge in [-0.3, -0.25) is 9.59 Å². The van der Waals surface area contributed by atoms with Gasteiger partial charge in [0.25, 0.3) is 11.8 Å². The smallest absolute Gasteiger partial charge is 0.291 e. The minimum absolute atomic E-state index is 0.145. The normalized spacial score (nSPS) is 14.6. The quantitative estimate of drug-likeness (QED) is 0.844. The van der Waals surface area contributed by atoms with Crippen LogP contribution in [0.1, 0.15) is 28.9 Å². The van der Waals surface area contributed by atoms with E-state index in [2.05, 4.69) is 10.6 Å². The summed E-state index contributed by atoms with van der Waals surface area (Å²) in [5.74, 6) is 0.500. The first-order valence-electron chi connectivity index (χ1n) is 8.36. The standard InChI is InChI=1S/C20H20N2O3S/c1-14(15-7-3-2-4-8-15)21-19(23)16-9-5-6-10-17(16)22-20(24)18-13-26-12-11-25-18/h2-10,13-14H,11-12H2,1H3,(H,21,23)(H,22,24)/t14-/m1/s1. The minimum atomic E-state index is -0.353. The molecule has 0 aromatic heterocycles. The molecule has 2 aromatic rings. The second-order valence-corrected chi connectivity index (χ2v) is 6.78. The van der Waals surface area contributed by atoms with Gasteiger partial charge in [0.2, 0.25) is 0 Å². The summed E-state index contributed by atoms with van der Waals surface area (Å²) >= 11 is 1.53. The van der Waals surface area contributed by atoms with Crippen LogP contribution in [-0.2, 0) is 9.53 Å². The van der Waals surface area contributed by atoms with Gasteiger partial charge in [-0.2, -0.15) is 0 Å². The molecule has 3 rings (SSSR count). The number of carbonyl (C=O) groups excluding carboxylic acids is 2. The van der Waals surface area contributed by atoms with E-state index in [1.54, 1.807) is 29.7 Å². The monoisotopic (exact) mass is 368 g/mol. The van der Waals surface area contributed by atoms with E-state index >= 15 is 0 Å². The molecular weight excluding hydrogens is 348 g/mol. The van der Waals surface area contributed by atoms with Gasteiger partial charge in [0.05, 0.1) is 23.9 Å². The number of carbonyl (C=O) groups is 2. The van der Waals surface area contributed by atoms with Gasteiger partial charge in [-0.15, -0.1) is 11.8 Å². The van der Waals surface area contributed by atoms with E-state index in [1.165, 1.54) is 11.8 Å². The first-order valence-corrected chi connectivity index (χ1v) is 9.41. The van der Waals surface area contributed by atoms with Gasteiger partial charge in [0.1, 0.15) is 0 Å². The van der Waals surface area contributed by atoms with Gasteiger partial charge < -0.3 is 15.4 Å². The molecule has 2 aromatic carbocycles. The van der Waals surface area contributed by atoms with Crippen LogP contribution in [0.25, 0.3) is 0 Å². The molecule has 0 aliphatic carbocycles. The van der Waals surface area contributed by atoms with Gasteiger partial charge >= 0.3 is 0 Å². The summed E-state index contributed by atoms with van der Waals surface area (Å²) in [6.45, 7) is 2.42. The number of nitrogens with one attached hydrogen (secondary N) is 2. The number of benzene rings is 2. The molecule has 0 fully saturated rings. The van der Waals surface area contributed by atoms with Crippen LogP contribution in [0, 0.1) is 0 Å². The Balaban J connectivity index is 1.73. The maximum Gasteiger partial charge on any atom is 0.291 e. The van der Waals surface area contributed by atoms with Gasteiger partial charge in [-0.05, 0) is 24.6 Å². The third-order valence-corrected chi connectivity index (χ3v) is 4.72. The molecule has 1 atom stereocenters. The first kappa shape index (κ1) is 18.1. The summed E-state index contributed by atoms with van der Waals surface area (Å²) in [7, 11) is 0. The number of ether oxygens (including phenoxy) is 1. The van der Waals surface area contributed by atoms with Gasteiger partial charge in [0, 0.05) is 11.2 Å². The molecule has 0 saturated carbocycles. The van der Waals surface area contributed by atoms with Crippen molar-refractivity contribution in [1.82, 2.24) is 5.32 Å². The molecule has 134 valence electrons. The van der Waals surface area contributed by atoms with Crippen LogP contribution in [0.5, 0.6) is 0 Å². The average molecular weight is 368 g/mol. The molecular formula is C20H20N2O3S. The maximum absolute atomic E-state index is 12.7. The molecule has 5 nitrogen and oxygen atoms in total. The van der Waals surface area contributed by atoms with Crippen molar-refractivity contribution >= 4 is 29.3 Å². The van der Waals surface area contributed by atoms with Crippen molar-refractivity contribution in [3.05, 3.63) is 76.9 Å². The lowest BCUT2D eigenvalue weighted by atomic mass is 10.1. The molecule has 0 bridgehead atoms. The largest absolute Gasteiger partial charge is 0.487 e. The van der Waals surface area contributed by atoms with E-state index in [9.17, 15) is 9.59 Å². The van der Waals surface area contributed by atoms with E-state index in [4.69, 9.17) is 4.74 Å². The highest BCUT2D eigenvalue weighted by Gasteiger charge is 2.19. The Morgan fingerprint density at radius 2 is 1.77 bits per heavy atom. The minimum Gasteiger partial charge on any atom is -0.487 e. The second kappa shape index (κ2) is 8.58. The zero-order chi connectivity index (χ0) is 18.4. The number of hydrogen-bond donors (Lipinski definition) is 2. The van der Waals surface area contributed by atoms with Crippen LogP contribution >= 0.6 is 11.8 Å². The topological polar surface area (TPSA) is 67.4 Å². The van der Waals surface area contributed by atoms with Crippen molar-refractivity contribution in [2.75, 3.05) is 17.7 Å². The summed E-state index contributed by atoms with van der Waals surface area (Å²) in [5.41, 5.74) is 1.88. The molecule has 2 amide bonds.